The summed E-state index contributed by atoms with van der Waals surface area (Å²) in [5, 5.41) is 5.70. The van der Waals surface area contributed by atoms with E-state index in [2.05, 4.69) is 10.3 Å². The summed E-state index contributed by atoms with van der Waals surface area (Å²) in [7, 11) is 0. The van der Waals surface area contributed by atoms with Gasteiger partial charge < -0.3 is 5.32 Å². The van der Waals surface area contributed by atoms with E-state index in [1.165, 1.54) is 23.5 Å². The van der Waals surface area contributed by atoms with Gasteiger partial charge in [0.25, 0.3) is 5.91 Å². The maximum atomic E-state index is 12.9. The zero-order chi connectivity index (χ0) is 16.1. The van der Waals surface area contributed by atoms with Gasteiger partial charge in [0.05, 0.1) is 5.69 Å². The molecule has 0 atom stereocenters. The van der Waals surface area contributed by atoms with Crippen LogP contribution in [0.2, 0.25) is 0 Å². The van der Waals surface area contributed by atoms with Gasteiger partial charge in [-0.05, 0) is 36.4 Å². The zero-order valence-corrected chi connectivity index (χ0v) is 13.1. The van der Waals surface area contributed by atoms with Crippen LogP contribution in [0.4, 0.5) is 4.39 Å². The van der Waals surface area contributed by atoms with Crippen molar-refractivity contribution in [3.63, 3.8) is 0 Å². The number of amides is 1. The Kier molecular flexibility index (Phi) is 4.78. The highest BCUT2D eigenvalue weighted by Gasteiger charge is 2.07. The summed E-state index contributed by atoms with van der Waals surface area (Å²) >= 11 is 1.52. The van der Waals surface area contributed by atoms with E-state index in [-0.39, 0.29) is 11.7 Å². The summed E-state index contributed by atoms with van der Waals surface area (Å²) < 4.78 is 12.9. The van der Waals surface area contributed by atoms with Crippen molar-refractivity contribution in [3.05, 3.63) is 77.1 Å². The Balaban J connectivity index is 1.55. The largest absolute Gasteiger partial charge is 0.352 e. The number of nitrogens with zero attached hydrogens (tertiary/aromatic N) is 1. The molecular formula is C18H15FN2OS. The normalized spacial score (nSPS) is 10.5. The lowest BCUT2D eigenvalue weighted by Crippen LogP contribution is -2.25. The van der Waals surface area contributed by atoms with Crippen molar-refractivity contribution in [2.45, 2.75) is 6.42 Å². The van der Waals surface area contributed by atoms with Crippen LogP contribution in [0.1, 0.15) is 16.1 Å². The van der Waals surface area contributed by atoms with Gasteiger partial charge in [0.15, 0.2) is 0 Å². The SMILES string of the molecule is O=C(NCCc1csc(-c2ccc(F)cc2)n1)c1ccccc1. The average Bonchev–Trinajstić information content (AvgIpc) is 3.05. The maximum absolute atomic E-state index is 12.9. The fourth-order valence-corrected chi connectivity index (χ4v) is 3.00. The molecule has 3 nitrogen and oxygen atoms in total. The zero-order valence-electron chi connectivity index (χ0n) is 12.3. The molecule has 0 saturated heterocycles. The Bertz CT molecular complexity index is 784. The van der Waals surface area contributed by atoms with Crippen molar-refractivity contribution in [1.29, 1.82) is 0 Å². The molecule has 0 saturated carbocycles. The van der Waals surface area contributed by atoms with E-state index in [1.807, 2.05) is 23.6 Å². The second-order valence-electron chi connectivity index (χ2n) is 5.02. The quantitative estimate of drug-likeness (QED) is 0.772. The molecule has 1 N–H and O–H groups in total. The smallest absolute Gasteiger partial charge is 0.251 e. The van der Waals surface area contributed by atoms with E-state index in [4.69, 9.17) is 0 Å². The van der Waals surface area contributed by atoms with Crippen molar-refractivity contribution in [2.75, 3.05) is 6.54 Å². The number of carbonyl (C=O) groups is 1. The third kappa shape index (κ3) is 4.02. The molecule has 0 unspecified atom stereocenters. The van der Waals surface area contributed by atoms with E-state index in [1.54, 1.807) is 24.3 Å². The standard InChI is InChI=1S/C18H15FN2OS/c19-15-8-6-14(7-9-15)18-21-16(12-23-18)10-11-20-17(22)13-4-2-1-3-5-13/h1-9,12H,10-11H2,(H,20,22). The van der Waals surface area contributed by atoms with Crippen LogP contribution in [-0.2, 0) is 6.42 Å². The number of hydrogen-bond acceptors (Lipinski definition) is 3. The molecule has 0 aliphatic carbocycles. The highest BCUT2D eigenvalue weighted by molar-refractivity contribution is 7.13. The number of aromatic nitrogens is 1. The van der Waals surface area contributed by atoms with Gasteiger partial charge in [-0.25, -0.2) is 9.37 Å². The number of rotatable bonds is 5. The van der Waals surface area contributed by atoms with Gasteiger partial charge in [-0.3, -0.25) is 4.79 Å². The first kappa shape index (κ1) is 15.4. The summed E-state index contributed by atoms with van der Waals surface area (Å²) in [6.45, 7) is 0.528. The topological polar surface area (TPSA) is 42.0 Å². The molecule has 0 fully saturated rings. The molecular weight excluding hydrogens is 311 g/mol. The van der Waals surface area contributed by atoms with Gasteiger partial charge in [-0.15, -0.1) is 11.3 Å². The number of nitrogens with one attached hydrogen (secondary N) is 1. The fourth-order valence-electron chi connectivity index (χ4n) is 2.14. The molecule has 0 bridgehead atoms. The number of benzene rings is 2. The summed E-state index contributed by atoms with van der Waals surface area (Å²) in [6, 6.07) is 15.4. The maximum Gasteiger partial charge on any atom is 0.251 e. The van der Waals surface area contributed by atoms with Crippen molar-refractivity contribution < 1.29 is 9.18 Å². The highest BCUT2D eigenvalue weighted by Crippen LogP contribution is 2.23. The van der Waals surface area contributed by atoms with Gasteiger partial charge in [0.1, 0.15) is 10.8 Å². The van der Waals surface area contributed by atoms with Crippen LogP contribution in [0.15, 0.2) is 60.0 Å². The fraction of sp³-hybridized carbons (Fsp3) is 0.111. The first-order chi connectivity index (χ1) is 11.2. The summed E-state index contributed by atoms with van der Waals surface area (Å²) in [4.78, 5) is 16.5. The molecule has 23 heavy (non-hydrogen) atoms. The molecule has 0 aliphatic heterocycles. The van der Waals surface area contributed by atoms with Gasteiger partial charge in [-0.2, -0.15) is 0 Å². The van der Waals surface area contributed by atoms with Crippen molar-refractivity contribution in [2.24, 2.45) is 0 Å². The molecule has 1 amide bonds. The minimum absolute atomic E-state index is 0.0837. The van der Waals surface area contributed by atoms with Crippen LogP contribution < -0.4 is 5.32 Å². The van der Waals surface area contributed by atoms with Crippen LogP contribution in [0.5, 0.6) is 0 Å². The van der Waals surface area contributed by atoms with Crippen LogP contribution in [-0.4, -0.2) is 17.4 Å². The molecule has 0 radical (unpaired) electrons. The second-order valence-corrected chi connectivity index (χ2v) is 5.88. The molecule has 0 aliphatic rings. The number of halogens is 1. The minimum Gasteiger partial charge on any atom is -0.352 e. The van der Waals surface area contributed by atoms with E-state index >= 15 is 0 Å². The van der Waals surface area contributed by atoms with Gasteiger partial charge in [0, 0.05) is 29.5 Å². The lowest BCUT2D eigenvalue weighted by atomic mass is 10.2. The van der Waals surface area contributed by atoms with Crippen LogP contribution in [0.3, 0.4) is 0 Å². The Morgan fingerprint density at radius 2 is 1.83 bits per heavy atom. The van der Waals surface area contributed by atoms with Gasteiger partial charge in [0.2, 0.25) is 0 Å². The number of thiazole rings is 1. The van der Waals surface area contributed by atoms with Crippen LogP contribution >= 0.6 is 11.3 Å². The van der Waals surface area contributed by atoms with Crippen molar-refractivity contribution >= 4 is 17.2 Å². The molecule has 3 rings (SSSR count). The van der Waals surface area contributed by atoms with Crippen molar-refractivity contribution in [3.8, 4) is 10.6 Å². The van der Waals surface area contributed by atoms with E-state index in [9.17, 15) is 9.18 Å². The lowest BCUT2D eigenvalue weighted by molar-refractivity contribution is 0.0954. The third-order valence-electron chi connectivity index (χ3n) is 3.35. The van der Waals surface area contributed by atoms with E-state index in [0.29, 0.717) is 18.5 Å². The Hall–Kier alpha value is -2.53. The van der Waals surface area contributed by atoms with E-state index < -0.39 is 0 Å². The van der Waals surface area contributed by atoms with Gasteiger partial charge >= 0.3 is 0 Å². The second kappa shape index (κ2) is 7.15. The minimum atomic E-state index is -0.255. The molecule has 116 valence electrons. The molecule has 5 heteroatoms. The average molecular weight is 326 g/mol. The first-order valence-corrected chi connectivity index (χ1v) is 8.14. The molecule has 1 heterocycles. The Morgan fingerprint density at radius 1 is 1.09 bits per heavy atom. The summed E-state index contributed by atoms with van der Waals surface area (Å²) in [6.07, 6.45) is 0.663. The Labute approximate surface area is 137 Å². The molecule has 2 aromatic carbocycles. The van der Waals surface area contributed by atoms with Crippen LogP contribution in [0, 0.1) is 5.82 Å². The molecule has 0 spiro atoms. The molecule has 1 aromatic heterocycles. The lowest BCUT2D eigenvalue weighted by Gasteiger charge is -2.03. The number of hydrogen-bond donors (Lipinski definition) is 1. The summed E-state index contributed by atoms with van der Waals surface area (Å²) in [5.74, 6) is -0.339. The third-order valence-corrected chi connectivity index (χ3v) is 4.29. The Morgan fingerprint density at radius 3 is 2.57 bits per heavy atom. The monoisotopic (exact) mass is 326 g/mol. The predicted molar refractivity (Wildman–Crippen MR) is 90.0 cm³/mol. The summed E-state index contributed by atoms with van der Waals surface area (Å²) in [5.41, 5.74) is 2.47. The van der Waals surface area contributed by atoms with Crippen LogP contribution in [0.25, 0.3) is 10.6 Å². The highest BCUT2D eigenvalue weighted by atomic mass is 32.1. The van der Waals surface area contributed by atoms with E-state index in [0.717, 1.165) is 16.3 Å². The predicted octanol–water partition coefficient (Wildman–Crippen LogP) is 3.92. The first-order valence-electron chi connectivity index (χ1n) is 7.26. The van der Waals surface area contributed by atoms with Gasteiger partial charge in [-0.1, -0.05) is 18.2 Å². The van der Waals surface area contributed by atoms with Crippen molar-refractivity contribution in [1.82, 2.24) is 10.3 Å². The molecule has 3 aromatic rings. The number of carbonyl (C=O) groups excluding carboxylic acids is 1.